The van der Waals surface area contributed by atoms with E-state index in [-0.39, 0.29) is 41.7 Å². The Hall–Kier alpha value is -5.09. The summed E-state index contributed by atoms with van der Waals surface area (Å²) in [6, 6.07) is 0.596. The molecule has 0 aliphatic carbocycles. The molecule has 3 aromatic rings. The lowest BCUT2D eigenvalue weighted by atomic mass is 10.1. The summed E-state index contributed by atoms with van der Waals surface area (Å²) in [6.07, 6.45) is 1.41. The Balaban J connectivity index is 1.58. The number of nitrogens with one attached hydrogen (secondary N) is 5. The molecule has 0 saturated carbocycles. The van der Waals surface area contributed by atoms with Gasteiger partial charge in [0.1, 0.15) is 17.6 Å². The number of aromatic nitrogens is 7. The number of hydrogen-bond acceptors (Lipinski definition) is 11. The molecule has 0 spiro atoms. The average Bonchev–Trinajstić information content (AvgIpc) is 3.27. The van der Waals surface area contributed by atoms with E-state index >= 15 is 0 Å². The molecule has 1 unspecified atom stereocenters. The van der Waals surface area contributed by atoms with Crippen molar-refractivity contribution in [2.45, 2.75) is 18.9 Å². The Morgan fingerprint density at radius 2 is 1.97 bits per heavy atom. The minimum absolute atomic E-state index is 0.0417. The van der Waals surface area contributed by atoms with E-state index in [1.54, 1.807) is 0 Å². The highest BCUT2D eigenvalue weighted by Crippen LogP contribution is 2.12. The van der Waals surface area contributed by atoms with Crippen molar-refractivity contribution in [1.29, 1.82) is 0 Å². The van der Waals surface area contributed by atoms with E-state index in [9.17, 15) is 24.3 Å². The number of nitrogens with zero attached hydrogens (tertiary/aromatic N) is 5. The van der Waals surface area contributed by atoms with Gasteiger partial charge in [-0.15, -0.1) is 5.10 Å². The van der Waals surface area contributed by atoms with Crippen LogP contribution in [0.1, 0.15) is 22.7 Å². The Bertz CT molecular complexity index is 1210. The maximum absolute atomic E-state index is 12.3. The molecule has 3 amide bonds. The van der Waals surface area contributed by atoms with Gasteiger partial charge in [0.2, 0.25) is 5.95 Å². The fourth-order valence-electron chi connectivity index (χ4n) is 2.56. The molecule has 33 heavy (non-hydrogen) atoms. The number of carboxylic acid groups (broad SMARTS) is 1. The number of carbonyl (C=O) groups excluding carboxylic acids is 2. The van der Waals surface area contributed by atoms with Gasteiger partial charge in [-0.05, 0) is 29.0 Å². The van der Waals surface area contributed by atoms with Crippen molar-refractivity contribution in [3.63, 3.8) is 0 Å². The highest BCUT2D eigenvalue weighted by Gasteiger charge is 2.22. The minimum atomic E-state index is -1.24. The second-order valence-corrected chi connectivity index (χ2v) is 6.47. The van der Waals surface area contributed by atoms with E-state index in [1.807, 2.05) is 0 Å². The van der Waals surface area contributed by atoms with Crippen LogP contribution in [0.25, 0.3) is 0 Å². The Morgan fingerprint density at radius 3 is 2.58 bits per heavy atom. The quantitative estimate of drug-likeness (QED) is 0.187. The number of nitrogen functional groups attached to an aromatic ring is 2. The zero-order chi connectivity index (χ0) is 24.0. The number of rotatable bonds is 8. The number of pyridine rings is 1. The molecule has 0 bridgehead atoms. The van der Waals surface area contributed by atoms with E-state index in [0.29, 0.717) is 5.82 Å². The molecule has 172 valence electrons. The third kappa shape index (κ3) is 5.96. The van der Waals surface area contributed by atoms with Crippen LogP contribution in [-0.2, 0) is 11.2 Å². The molecule has 0 fully saturated rings. The largest absolute Gasteiger partial charge is 0.480 e. The lowest BCUT2D eigenvalue weighted by molar-refractivity contribution is -0.139. The Labute approximate surface area is 183 Å². The first-order valence-corrected chi connectivity index (χ1v) is 9.18. The number of hydrogen-bond donors (Lipinski definition) is 8. The van der Waals surface area contributed by atoms with E-state index in [4.69, 9.17) is 11.5 Å². The van der Waals surface area contributed by atoms with E-state index < -0.39 is 29.5 Å². The number of amides is 3. The smallest absolute Gasteiger partial charge is 0.326 e. The van der Waals surface area contributed by atoms with Gasteiger partial charge in [-0.25, -0.2) is 19.7 Å². The molecule has 0 aliphatic heterocycles. The number of nitrogens with two attached hydrogens (primary N) is 2. The highest BCUT2D eigenvalue weighted by atomic mass is 16.4. The summed E-state index contributed by atoms with van der Waals surface area (Å²) in [4.78, 5) is 57.4. The zero-order valence-electron chi connectivity index (χ0n) is 16.7. The second-order valence-electron chi connectivity index (χ2n) is 6.47. The Kier molecular flexibility index (Phi) is 6.72. The van der Waals surface area contributed by atoms with Crippen LogP contribution in [0.5, 0.6) is 0 Å². The topological polar surface area (TPSA) is 273 Å². The predicted molar refractivity (Wildman–Crippen MR) is 112 cm³/mol. The van der Waals surface area contributed by atoms with Crippen molar-refractivity contribution in [1.82, 2.24) is 40.9 Å². The summed E-state index contributed by atoms with van der Waals surface area (Å²) in [7, 11) is 0. The normalized spacial score (nSPS) is 11.4. The van der Waals surface area contributed by atoms with Gasteiger partial charge in [-0.1, -0.05) is 0 Å². The highest BCUT2D eigenvalue weighted by molar-refractivity contribution is 6.01. The maximum Gasteiger partial charge on any atom is 0.326 e. The van der Waals surface area contributed by atoms with Crippen molar-refractivity contribution in [2.24, 2.45) is 0 Å². The van der Waals surface area contributed by atoms with Gasteiger partial charge in [-0.2, -0.15) is 4.98 Å². The van der Waals surface area contributed by atoms with Crippen LogP contribution in [0.3, 0.4) is 0 Å². The van der Waals surface area contributed by atoms with Crippen molar-refractivity contribution in [2.75, 3.05) is 22.1 Å². The van der Waals surface area contributed by atoms with E-state index in [0.717, 1.165) is 0 Å². The monoisotopic (exact) mass is 458 g/mol. The number of carboxylic acids is 1. The fraction of sp³-hybridized carbons (Fsp3) is 0.188. The molecule has 0 saturated heterocycles. The predicted octanol–water partition coefficient (Wildman–Crippen LogP) is -1.70. The summed E-state index contributed by atoms with van der Waals surface area (Å²) in [5.74, 6) is -2.08. The second kappa shape index (κ2) is 9.81. The molecule has 17 nitrogen and oxygen atoms in total. The first-order chi connectivity index (χ1) is 15.7. The molecule has 3 heterocycles. The van der Waals surface area contributed by atoms with Crippen LogP contribution in [0.4, 0.5) is 27.9 Å². The molecule has 0 aliphatic rings. The molecule has 17 heteroatoms. The van der Waals surface area contributed by atoms with Gasteiger partial charge >= 0.3 is 12.0 Å². The molecule has 1 atom stereocenters. The number of aromatic amines is 2. The maximum atomic E-state index is 12.3. The van der Waals surface area contributed by atoms with Gasteiger partial charge in [0.25, 0.3) is 11.5 Å². The number of anilines is 4. The van der Waals surface area contributed by atoms with Gasteiger partial charge in [-0.3, -0.25) is 19.9 Å². The number of aryl methyl sites for hydroxylation is 1. The third-order valence-corrected chi connectivity index (χ3v) is 4.12. The summed E-state index contributed by atoms with van der Waals surface area (Å²) in [5.41, 5.74) is 9.96. The lowest BCUT2D eigenvalue weighted by Crippen LogP contribution is -2.41. The van der Waals surface area contributed by atoms with Crippen molar-refractivity contribution >= 4 is 41.0 Å². The van der Waals surface area contributed by atoms with Crippen LogP contribution >= 0.6 is 0 Å². The first kappa shape index (κ1) is 22.6. The number of carbonyl (C=O) groups is 3. The molecule has 3 rings (SSSR count). The zero-order valence-corrected chi connectivity index (χ0v) is 16.7. The van der Waals surface area contributed by atoms with Gasteiger partial charge < -0.3 is 27.2 Å². The fourth-order valence-corrected chi connectivity index (χ4v) is 2.56. The van der Waals surface area contributed by atoms with Crippen molar-refractivity contribution < 1.29 is 19.5 Å². The van der Waals surface area contributed by atoms with Crippen LogP contribution in [-0.4, -0.2) is 64.6 Å². The standard InChI is InChI=1S/C16H18N12O5/c17-11-10(13(30)24-15(18)23-11)22-16(33)20-6-1-2-7(19-5-6)12(29)21-8(14(31)32)3-4-9-25-27-28-26-9/h1-2,5,8H,3-4H2,(H,21,29)(H,31,32)(H2,20,22,33)(H,25,26,27,28)(H5,17,18,23,24,30). The Morgan fingerprint density at radius 1 is 1.18 bits per heavy atom. The SMILES string of the molecule is Nc1nc(N)c(NC(=O)Nc2ccc(C(=O)NC(CCc3nnn[nH]3)C(=O)O)nc2)c(=O)[nH]1. The van der Waals surface area contributed by atoms with E-state index in [1.165, 1.54) is 18.3 Å². The van der Waals surface area contributed by atoms with Crippen LogP contribution in [0.2, 0.25) is 0 Å². The van der Waals surface area contributed by atoms with Crippen LogP contribution in [0.15, 0.2) is 23.1 Å². The first-order valence-electron chi connectivity index (χ1n) is 9.18. The summed E-state index contributed by atoms with van der Waals surface area (Å²) < 4.78 is 0. The molecular formula is C16H18N12O5. The molecule has 3 aromatic heterocycles. The molecule has 0 aromatic carbocycles. The van der Waals surface area contributed by atoms with E-state index in [2.05, 4.69) is 51.5 Å². The third-order valence-electron chi connectivity index (χ3n) is 4.12. The summed E-state index contributed by atoms with van der Waals surface area (Å²) in [5, 5.41) is 29.2. The van der Waals surface area contributed by atoms with Gasteiger partial charge in [0, 0.05) is 6.42 Å². The van der Waals surface area contributed by atoms with Gasteiger partial charge in [0.05, 0.1) is 11.9 Å². The lowest BCUT2D eigenvalue weighted by Gasteiger charge is -2.13. The van der Waals surface area contributed by atoms with Crippen LogP contribution < -0.4 is 33.0 Å². The van der Waals surface area contributed by atoms with Crippen LogP contribution in [0, 0.1) is 0 Å². The number of H-pyrrole nitrogens is 2. The number of tetrazole rings is 1. The van der Waals surface area contributed by atoms with Crippen molar-refractivity contribution in [3.8, 4) is 0 Å². The summed E-state index contributed by atoms with van der Waals surface area (Å²) >= 11 is 0. The van der Waals surface area contributed by atoms with Gasteiger partial charge in [0.15, 0.2) is 11.5 Å². The molecule has 10 N–H and O–H groups in total. The minimum Gasteiger partial charge on any atom is -0.480 e. The average molecular weight is 458 g/mol. The molecule has 0 radical (unpaired) electrons. The number of urea groups is 1. The van der Waals surface area contributed by atoms with Crippen molar-refractivity contribution in [3.05, 3.63) is 40.2 Å². The summed E-state index contributed by atoms with van der Waals surface area (Å²) in [6.45, 7) is 0. The number of aliphatic carboxylic acids is 1. The molecular weight excluding hydrogens is 440 g/mol.